The molecular formula is C9H17N3O2. The molecule has 1 aliphatic carbocycles. The predicted octanol–water partition coefficient (Wildman–Crippen LogP) is 0.237. The minimum atomic E-state index is 0.0591. The Morgan fingerprint density at radius 1 is 1.71 bits per heavy atom. The first-order valence-corrected chi connectivity index (χ1v) is 4.77. The highest BCUT2D eigenvalue weighted by atomic mass is 16.4. The molecule has 80 valence electrons. The van der Waals surface area contributed by atoms with E-state index in [1.54, 1.807) is 7.05 Å². The van der Waals surface area contributed by atoms with Gasteiger partial charge in [0.1, 0.15) is 0 Å². The van der Waals surface area contributed by atoms with E-state index in [9.17, 15) is 4.79 Å². The summed E-state index contributed by atoms with van der Waals surface area (Å²) in [4.78, 5) is 13.2. The number of carbonyl (C=O) groups is 1. The van der Waals surface area contributed by atoms with Crippen molar-refractivity contribution in [3.63, 3.8) is 0 Å². The van der Waals surface area contributed by atoms with Gasteiger partial charge in [-0.25, -0.2) is 0 Å². The molecule has 5 heteroatoms. The Kier molecular flexibility index (Phi) is 3.33. The van der Waals surface area contributed by atoms with Gasteiger partial charge in [-0.1, -0.05) is 12.1 Å². The molecule has 14 heavy (non-hydrogen) atoms. The van der Waals surface area contributed by atoms with Gasteiger partial charge in [0.15, 0.2) is 5.84 Å². The monoisotopic (exact) mass is 199 g/mol. The van der Waals surface area contributed by atoms with Crippen molar-refractivity contribution < 1.29 is 10.0 Å². The SMILES string of the molecule is CC(C(=O)N(C)CC(N)=NO)C1CC1. The molecule has 0 aromatic heterocycles. The molecule has 0 spiro atoms. The first-order chi connectivity index (χ1) is 6.56. The summed E-state index contributed by atoms with van der Waals surface area (Å²) in [6, 6.07) is 0. The Morgan fingerprint density at radius 3 is 2.71 bits per heavy atom. The zero-order valence-corrected chi connectivity index (χ0v) is 8.60. The summed E-state index contributed by atoms with van der Waals surface area (Å²) in [5.41, 5.74) is 5.31. The number of oxime groups is 1. The van der Waals surface area contributed by atoms with Gasteiger partial charge in [0.05, 0.1) is 6.54 Å². The Balaban J connectivity index is 2.42. The van der Waals surface area contributed by atoms with Crippen LogP contribution in [0.2, 0.25) is 0 Å². The van der Waals surface area contributed by atoms with Gasteiger partial charge in [0.2, 0.25) is 5.91 Å². The molecular weight excluding hydrogens is 182 g/mol. The van der Waals surface area contributed by atoms with Crippen LogP contribution in [0.15, 0.2) is 5.16 Å². The zero-order valence-electron chi connectivity index (χ0n) is 8.60. The van der Waals surface area contributed by atoms with Crippen molar-refractivity contribution >= 4 is 11.7 Å². The van der Waals surface area contributed by atoms with Crippen LogP contribution in [-0.4, -0.2) is 35.4 Å². The average molecular weight is 199 g/mol. The van der Waals surface area contributed by atoms with E-state index < -0.39 is 0 Å². The molecule has 0 aromatic carbocycles. The molecule has 0 aliphatic heterocycles. The maximum atomic E-state index is 11.7. The fourth-order valence-corrected chi connectivity index (χ4v) is 1.50. The number of hydrogen-bond acceptors (Lipinski definition) is 3. The van der Waals surface area contributed by atoms with Crippen molar-refractivity contribution in [1.29, 1.82) is 0 Å². The molecule has 1 unspecified atom stereocenters. The third-order valence-electron chi connectivity index (χ3n) is 2.62. The van der Waals surface area contributed by atoms with E-state index in [-0.39, 0.29) is 24.2 Å². The Morgan fingerprint density at radius 2 is 2.29 bits per heavy atom. The molecule has 0 aromatic rings. The van der Waals surface area contributed by atoms with Crippen LogP contribution in [0.25, 0.3) is 0 Å². The van der Waals surface area contributed by atoms with Gasteiger partial charge in [-0.3, -0.25) is 4.79 Å². The van der Waals surface area contributed by atoms with Crippen molar-refractivity contribution in [3.8, 4) is 0 Å². The van der Waals surface area contributed by atoms with Gasteiger partial charge in [-0.2, -0.15) is 0 Å². The number of nitrogens with two attached hydrogens (primary N) is 1. The van der Waals surface area contributed by atoms with E-state index in [1.165, 1.54) is 4.90 Å². The summed E-state index contributed by atoms with van der Waals surface area (Å²) in [6.07, 6.45) is 2.29. The molecule has 0 bridgehead atoms. The summed E-state index contributed by atoms with van der Waals surface area (Å²) >= 11 is 0. The third-order valence-corrected chi connectivity index (χ3v) is 2.62. The van der Waals surface area contributed by atoms with Crippen LogP contribution in [0, 0.1) is 11.8 Å². The van der Waals surface area contributed by atoms with Crippen LogP contribution in [0.1, 0.15) is 19.8 Å². The van der Waals surface area contributed by atoms with Gasteiger partial charge < -0.3 is 15.8 Å². The largest absolute Gasteiger partial charge is 0.409 e. The molecule has 1 fully saturated rings. The third kappa shape index (κ3) is 2.61. The van der Waals surface area contributed by atoms with Crippen molar-refractivity contribution in [2.24, 2.45) is 22.7 Å². The smallest absolute Gasteiger partial charge is 0.225 e. The number of carbonyl (C=O) groups excluding carboxylic acids is 1. The van der Waals surface area contributed by atoms with Crippen molar-refractivity contribution in [2.75, 3.05) is 13.6 Å². The Hall–Kier alpha value is -1.26. The minimum absolute atomic E-state index is 0.0591. The number of amides is 1. The molecule has 1 aliphatic rings. The molecule has 1 saturated carbocycles. The minimum Gasteiger partial charge on any atom is -0.409 e. The first-order valence-electron chi connectivity index (χ1n) is 4.77. The van der Waals surface area contributed by atoms with Crippen molar-refractivity contribution in [3.05, 3.63) is 0 Å². The summed E-state index contributed by atoms with van der Waals surface area (Å²) in [6.45, 7) is 2.12. The van der Waals surface area contributed by atoms with Crippen LogP contribution in [0.3, 0.4) is 0 Å². The predicted molar refractivity (Wildman–Crippen MR) is 52.9 cm³/mol. The van der Waals surface area contributed by atoms with Crippen molar-refractivity contribution in [2.45, 2.75) is 19.8 Å². The van der Waals surface area contributed by atoms with E-state index >= 15 is 0 Å². The lowest BCUT2D eigenvalue weighted by molar-refractivity contribution is -0.133. The van der Waals surface area contributed by atoms with Gasteiger partial charge in [0, 0.05) is 13.0 Å². The normalized spacial score (nSPS) is 19.1. The standard InChI is InChI=1S/C9H17N3O2/c1-6(7-3-4-7)9(13)12(2)5-8(10)11-14/h6-7,14H,3-5H2,1-2H3,(H2,10,11). The number of likely N-dealkylation sites (N-methyl/N-ethyl adjacent to an activating group) is 1. The lowest BCUT2D eigenvalue weighted by Crippen LogP contribution is -2.38. The molecule has 1 amide bonds. The van der Waals surface area contributed by atoms with Gasteiger partial charge >= 0.3 is 0 Å². The number of hydrogen-bond donors (Lipinski definition) is 2. The van der Waals surface area contributed by atoms with Crippen LogP contribution in [0.5, 0.6) is 0 Å². The molecule has 5 nitrogen and oxygen atoms in total. The molecule has 0 radical (unpaired) electrons. The highest BCUT2D eigenvalue weighted by Crippen LogP contribution is 2.37. The summed E-state index contributed by atoms with van der Waals surface area (Å²) in [7, 11) is 1.67. The van der Waals surface area contributed by atoms with Gasteiger partial charge in [0.25, 0.3) is 0 Å². The molecule has 1 atom stereocenters. The van der Waals surface area contributed by atoms with E-state index in [0.29, 0.717) is 5.92 Å². The lowest BCUT2D eigenvalue weighted by Gasteiger charge is -2.20. The Labute approximate surface area is 83.6 Å². The topological polar surface area (TPSA) is 78.9 Å². The number of nitrogens with zero attached hydrogens (tertiary/aromatic N) is 2. The Bertz CT molecular complexity index is 248. The highest BCUT2D eigenvalue weighted by Gasteiger charge is 2.34. The molecule has 1 rings (SSSR count). The molecule has 0 heterocycles. The van der Waals surface area contributed by atoms with E-state index in [4.69, 9.17) is 10.9 Å². The maximum absolute atomic E-state index is 11.7. The maximum Gasteiger partial charge on any atom is 0.225 e. The van der Waals surface area contributed by atoms with Crippen molar-refractivity contribution in [1.82, 2.24) is 4.90 Å². The second kappa shape index (κ2) is 4.30. The number of rotatable bonds is 4. The second-order valence-corrected chi connectivity index (χ2v) is 3.91. The van der Waals surface area contributed by atoms with Gasteiger partial charge in [-0.15, -0.1) is 0 Å². The lowest BCUT2D eigenvalue weighted by atomic mass is 10.1. The zero-order chi connectivity index (χ0) is 10.7. The summed E-state index contributed by atoms with van der Waals surface area (Å²) in [5, 5.41) is 11.2. The van der Waals surface area contributed by atoms with Crippen LogP contribution in [0.4, 0.5) is 0 Å². The molecule has 3 N–H and O–H groups in total. The average Bonchev–Trinajstić information content (AvgIpc) is 2.98. The summed E-state index contributed by atoms with van der Waals surface area (Å²) in [5.74, 6) is 0.728. The van der Waals surface area contributed by atoms with Crippen LogP contribution >= 0.6 is 0 Å². The van der Waals surface area contributed by atoms with E-state index in [0.717, 1.165) is 12.8 Å². The first kappa shape index (κ1) is 10.8. The van der Waals surface area contributed by atoms with E-state index in [1.807, 2.05) is 6.92 Å². The fraction of sp³-hybridized carbons (Fsp3) is 0.778. The number of amidine groups is 1. The molecule has 0 saturated heterocycles. The quantitative estimate of drug-likeness (QED) is 0.294. The van der Waals surface area contributed by atoms with Crippen LogP contribution in [-0.2, 0) is 4.79 Å². The van der Waals surface area contributed by atoms with Gasteiger partial charge in [-0.05, 0) is 18.8 Å². The van der Waals surface area contributed by atoms with Crippen LogP contribution < -0.4 is 5.73 Å². The summed E-state index contributed by atoms with van der Waals surface area (Å²) < 4.78 is 0. The van der Waals surface area contributed by atoms with E-state index in [2.05, 4.69) is 5.16 Å². The fourth-order valence-electron chi connectivity index (χ4n) is 1.50. The highest BCUT2D eigenvalue weighted by molar-refractivity contribution is 5.87. The second-order valence-electron chi connectivity index (χ2n) is 3.91.